The van der Waals surface area contributed by atoms with Crippen molar-refractivity contribution in [2.75, 3.05) is 0 Å². The van der Waals surface area contributed by atoms with Crippen molar-refractivity contribution in [3.05, 3.63) is 47.5 Å². The first-order valence-corrected chi connectivity index (χ1v) is 7.25. The Morgan fingerprint density at radius 3 is 2.11 bits per heavy atom. The molecule has 0 saturated heterocycles. The Kier molecular flexibility index (Phi) is 6.15. The summed E-state index contributed by atoms with van der Waals surface area (Å²) in [7, 11) is 5.25. The average molecular weight is 316 g/mol. The summed E-state index contributed by atoms with van der Waals surface area (Å²) < 4.78 is -0.591. The van der Waals surface area contributed by atoms with E-state index in [0.29, 0.717) is 16.5 Å². The predicted molar refractivity (Wildman–Crippen MR) is 81.9 cm³/mol. The maximum atomic E-state index is 11.1. The van der Waals surface area contributed by atoms with Crippen LogP contribution in [0.25, 0.3) is 10.8 Å². The van der Waals surface area contributed by atoms with Crippen LogP contribution in [0.15, 0.2) is 36.4 Å². The molecule has 100 valence electrons. The molecule has 0 atom stereocenters. The van der Waals surface area contributed by atoms with E-state index in [9.17, 15) is 9.59 Å². The number of hydrogen-bond donors (Lipinski definition) is 1. The highest BCUT2D eigenvalue weighted by atomic mass is 35.7. The first-order chi connectivity index (χ1) is 8.97. The second-order valence-corrected chi connectivity index (χ2v) is 5.21. The number of carbonyl (C=O) groups is 2. The van der Waals surface area contributed by atoms with Gasteiger partial charge in [-0.1, -0.05) is 30.3 Å². The van der Waals surface area contributed by atoms with E-state index < -0.39 is 4.57 Å². The van der Waals surface area contributed by atoms with Gasteiger partial charge in [0, 0.05) is 16.5 Å². The fourth-order valence-corrected chi connectivity index (χ4v) is 1.66. The molecule has 2 aromatic carbocycles. The minimum absolute atomic E-state index is 0.374. The number of amides is 1. The number of nitrogens with two attached hydrogens (primary N) is 1. The number of benzene rings is 2. The first kappa shape index (κ1) is 15.8. The fraction of sp³-hybridized carbons (Fsp3) is 0.0769. The molecule has 2 N–H and O–H groups in total. The van der Waals surface area contributed by atoms with Crippen molar-refractivity contribution in [3.8, 4) is 0 Å². The molecule has 0 spiro atoms. The molecular weight excluding hydrogens is 305 g/mol. The van der Waals surface area contributed by atoms with Gasteiger partial charge in [-0.25, -0.2) is 0 Å². The molecule has 19 heavy (non-hydrogen) atoms. The first-order valence-electron chi connectivity index (χ1n) is 5.23. The van der Waals surface area contributed by atoms with Crippen molar-refractivity contribution >= 4 is 54.5 Å². The lowest BCUT2D eigenvalue weighted by Crippen LogP contribution is -2.11. The van der Waals surface area contributed by atoms with Gasteiger partial charge in [0.2, 0.25) is 5.91 Å². The van der Waals surface area contributed by atoms with Gasteiger partial charge in [0.25, 0.3) is 4.57 Å². The van der Waals surface area contributed by atoms with Gasteiger partial charge in [0.05, 0.1) is 0 Å². The topological polar surface area (TPSA) is 60.2 Å². The van der Waals surface area contributed by atoms with Crippen LogP contribution in [0, 0.1) is 6.92 Å². The molecule has 0 aliphatic rings. The van der Waals surface area contributed by atoms with E-state index in [4.69, 9.17) is 16.4 Å². The van der Waals surface area contributed by atoms with Crippen LogP contribution in [0.5, 0.6) is 0 Å². The predicted octanol–water partition coefficient (Wildman–Crippen LogP) is 4.48. The molecule has 2 rings (SSSR count). The molecule has 3 nitrogen and oxygen atoms in total. The third kappa shape index (κ3) is 4.42. The highest BCUT2D eigenvalue weighted by molar-refractivity contribution is 8.34. The second-order valence-electron chi connectivity index (χ2n) is 3.65. The van der Waals surface area contributed by atoms with Crippen molar-refractivity contribution in [2.45, 2.75) is 6.92 Å². The van der Waals surface area contributed by atoms with E-state index in [2.05, 4.69) is 11.6 Å². The fourth-order valence-electron chi connectivity index (χ4n) is 1.66. The van der Waals surface area contributed by atoms with Crippen LogP contribution in [0.1, 0.15) is 15.9 Å². The van der Waals surface area contributed by atoms with Crippen molar-refractivity contribution in [2.24, 2.45) is 5.73 Å². The lowest BCUT2D eigenvalue weighted by molar-refractivity contribution is 0.100. The maximum absolute atomic E-state index is 11.1. The summed E-state index contributed by atoms with van der Waals surface area (Å²) in [5, 5.41) is 2.02. The molecular formula is C13H11Cl2NO2S. The van der Waals surface area contributed by atoms with Gasteiger partial charge in [-0.05, 0) is 51.6 Å². The zero-order chi connectivity index (χ0) is 14.4. The Bertz CT molecular complexity index is 617. The van der Waals surface area contributed by atoms with Crippen LogP contribution < -0.4 is 5.73 Å². The molecule has 0 aliphatic carbocycles. The zero-order valence-electron chi connectivity index (χ0n) is 10.0. The van der Waals surface area contributed by atoms with Crippen LogP contribution in [0.3, 0.4) is 0 Å². The molecule has 0 unspecified atom stereocenters. The van der Waals surface area contributed by atoms with Gasteiger partial charge in [-0.15, -0.1) is 0 Å². The molecule has 0 heterocycles. The normalized spacial score (nSPS) is 9.63. The minimum atomic E-state index is -0.591. The summed E-state index contributed by atoms with van der Waals surface area (Å²) in [5.41, 5.74) is 7.04. The molecule has 6 heteroatoms. The van der Waals surface area contributed by atoms with Gasteiger partial charge in [0.15, 0.2) is 0 Å². The summed E-state index contributed by atoms with van der Waals surface area (Å²) in [4.78, 5) is 20.6. The third-order valence-electron chi connectivity index (χ3n) is 2.47. The Morgan fingerprint density at radius 1 is 1.11 bits per heavy atom. The van der Waals surface area contributed by atoms with Crippen LogP contribution >= 0.6 is 33.3 Å². The van der Waals surface area contributed by atoms with Crippen molar-refractivity contribution in [1.29, 1.82) is 0 Å². The van der Waals surface area contributed by atoms with E-state index in [0.717, 1.165) is 16.3 Å². The molecule has 1 amide bonds. The Labute approximate surface area is 124 Å². The zero-order valence-corrected chi connectivity index (χ0v) is 12.4. The van der Waals surface area contributed by atoms with Gasteiger partial charge >= 0.3 is 0 Å². The number of primary amides is 1. The average Bonchev–Trinajstić information content (AvgIpc) is 2.39. The standard InChI is InChI=1S/C12H11NO.CCl2OS/c1-8-6-7-11(12(13)14)10-5-3-2-4-9(8)10;2-1(4)5-3/h2-7H,1H3,(H2,13,14);. The van der Waals surface area contributed by atoms with Crippen molar-refractivity contribution in [1.82, 2.24) is 0 Å². The number of halogens is 2. The second kappa shape index (κ2) is 7.38. The number of rotatable bonds is 1. The maximum Gasteiger partial charge on any atom is 0.294 e. The molecule has 0 bridgehead atoms. The Morgan fingerprint density at radius 2 is 1.63 bits per heavy atom. The SMILES string of the molecule is Cc1ccc(C(N)=O)c2ccccc12.O=C(Cl)SCl. The summed E-state index contributed by atoms with van der Waals surface area (Å²) >= 11 is 4.65. The molecule has 0 radical (unpaired) electrons. The minimum Gasteiger partial charge on any atom is -0.366 e. The monoisotopic (exact) mass is 315 g/mol. The van der Waals surface area contributed by atoms with Crippen LogP contribution in [0.4, 0.5) is 4.79 Å². The Balaban J connectivity index is 0.000000312. The summed E-state index contributed by atoms with van der Waals surface area (Å²) in [6.07, 6.45) is 0. The van der Waals surface area contributed by atoms with Crippen LogP contribution in [-0.2, 0) is 0 Å². The summed E-state index contributed by atoms with van der Waals surface area (Å²) in [6.45, 7) is 2.02. The summed E-state index contributed by atoms with van der Waals surface area (Å²) in [5.74, 6) is -0.374. The van der Waals surface area contributed by atoms with E-state index in [1.165, 1.54) is 0 Å². The van der Waals surface area contributed by atoms with E-state index in [1.54, 1.807) is 6.07 Å². The molecule has 2 aromatic rings. The third-order valence-corrected chi connectivity index (χ3v) is 3.48. The van der Waals surface area contributed by atoms with Gasteiger partial charge in [-0.2, -0.15) is 0 Å². The molecule has 0 saturated carbocycles. The molecule has 0 aromatic heterocycles. The molecule has 0 fully saturated rings. The van der Waals surface area contributed by atoms with Crippen LogP contribution in [-0.4, -0.2) is 10.5 Å². The number of aryl methyl sites for hydroxylation is 1. The van der Waals surface area contributed by atoms with Crippen molar-refractivity contribution in [3.63, 3.8) is 0 Å². The number of carbonyl (C=O) groups excluding carboxylic acids is 2. The van der Waals surface area contributed by atoms with Crippen LogP contribution in [0.2, 0.25) is 0 Å². The smallest absolute Gasteiger partial charge is 0.294 e. The lowest BCUT2D eigenvalue weighted by atomic mass is 10.0. The van der Waals surface area contributed by atoms with Gasteiger partial charge in [0.1, 0.15) is 0 Å². The van der Waals surface area contributed by atoms with Gasteiger partial charge < -0.3 is 5.73 Å². The summed E-state index contributed by atoms with van der Waals surface area (Å²) in [6, 6.07) is 11.5. The lowest BCUT2D eigenvalue weighted by Gasteiger charge is -2.05. The number of hydrogen-bond acceptors (Lipinski definition) is 3. The van der Waals surface area contributed by atoms with E-state index in [1.807, 2.05) is 37.3 Å². The highest BCUT2D eigenvalue weighted by Crippen LogP contribution is 2.21. The highest BCUT2D eigenvalue weighted by Gasteiger charge is 2.06. The van der Waals surface area contributed by atoms with E-state index in [-0.39, 0.29) is 5.91 Å². The quantitative estimate of drug-likeness (QED) is 0.789. The molecule has 0 aliphatic heterocycles. The number of fused-ring (bicyclic) bond motifs is 1. The Hall–Kier alpha value is -1.23. The van der Waals surface area contributed by atoms with E-state index >= 15 is 0 Å². The van der Waals surface area contributed by atoms with Crippen molar-refractivity contribution < 1.29 is 9.59 Å². The van der Waals surface area contributed by atoms with Gasteiger partial charge in [-0.3, -0.25) is 9.59 Å². The largest absolute Gasteiger partial charge is 0.366 e.